The lowest BCUT2D eigenvalue weighted by atomic mass is 10.1. The molecule has 100 valence electrons. The van der Waals surface area contributed by atoms with Crippen LogP contribution in [0.25, 0.3) is 0 Å². The average molecular weight is 258 g/mol. The monoisotopic (exact) mass is 258 g/mol. The Kier molecular flexibility index (Phi) is 2.94. The summed E-state index contributed by atoms with van der Waals surface area (Å²) in [7, 11) is 0. The molecule has 2 aromatic heterocycles. The van der Waals surface area contributed by atoms with E-state index in [2.05, 4.69) is 24.8 Å². The van der Waals surface area contributed by atoms with Gasteiger partial charge in [0.1, 0.15) is 5.82 Å². The van der Waals surface area contributed by atoms with Crippen molar-refractivity contribution in [3.05, 3.63) is 34.7 Å². The topological polar surface area (TPSA) is 83.7 Å². The third-order valence-electron chi connectivity index (χ3n) is 3.59. The number of imidazole rings is 1. The number of rotatable bonds is 2. The minimum Gasteiger partial charge on any atom is -0.368 e. The van der Waals surface area contributed by atoms with Gasteiger partial charge in [-0.15, -0.1) is 0 Å². The quantitative estimate of drug-likeness (QED) is 0.838. The molecule has 3 rings (SSSR count). The van der Waals surface area contributed by atoms with E-state index < -0.39 is 0 Å². The van der Waals surface area contributed by atoms with E-state index in [1.54, 1.807) is 0 Å². The Hall–Kier alpha value is -1.95. The van der Waals surface area contributed by atoms with Crippen LogP contribution in [0.3, 0.4) is 0 Å². The van der Waals surface area contributed by atoms with Gasteiger partial charge in [-0.3, -0.25) is 4.90 Å². The number of hydrogen-bond donors (Lipinski definition) is 2. The molecule has 6 heteroatoms. The molecule has 0 aromatic carbocycles. The number of nitrogen functional groups attached to an aromatic ring is 1. The average Bonchev–Trinajstić information content (AvgIpc) is 2.67. The molecule has 6 nitrogen and oxygen atoms in total. The third-order valence-corrected chi connectivity index (χ3v) is 3.59. The highest BCUT2D eigenvalue weighted by molar-refractivity contribution is 5.27. The highest BCUT2D eigenvalue weighted by atomic mass is 15.2. The Morgan fingerprint density at radius 1 is 1.37 bits per heavy atom. The smallest absolute Gasteiger partial charge is 0.220 e. The van der Waals surface area contributed by atoms with Crippen molar-refractivity contribution in [2.24, 2.45) is 0 Å². The minimum absolute atomic E-state index is 0.352. The molecule has 0 atom stereocenters. The maximum atomic E-state index is 5.64. The molecule has 0 radical (unpaired) electrons. The van der Waals surface area contributed by atoms with Gasteiger partial charge in [0, 0.05) is 25.0 Å². The van der Waals surface area contributed by atoms with Gasteiger partial charge in [-0.1, -0.05) is 0 Å². The lowest BCUT2D eigenvalue weighted by Crippen LogP contribution is -2.31. The maximum Gasteiger partial charge on any atom is 0.220 e. The molecule has 3 N–H and O–H groups in total. The van der Waals surface area contributed by atoms with Crippen molar-refractivity contribution >= 4 is 5.95 Å². The highest BCUT2D eigenvalue weighted by Crippen LogP contribution is 2.18. The van der Waals surface area contributed by atoms with E-state index in [4.69, 9.17) is 5.73 Å². The number of hydrogen-bond acceptors (Lipinski definition) is 5. The van der Waals surface area contributed by atoms with Crippen molar-refractivity contribution in [2.75, 3.05) is 12.3 Å². The summed E-state index contributed by atoms with van der Waals surface area (Å²) >= 11 is 0. The van der Waals surface area contributed by atoms with E-state index >= 15 is 0 Å². The summed E-state index contributed by atoms with van der Waals surface area (Å²) in [4.78, 5) is 18.5. The van der Waals surface area contributed by atoms with Crippen molar-refractivity contribution in [3.63, 3.8) is 0 Å². The van der Waals surface area contributed by atoms with Crippen molar-refractivity contribution < 1.29 is 0 Å². The second-order valence-corrected chi connectivity index (χ2v) is 5.05. The van der Waals surface area contributed by atoms with Crippen LogP contribution in [-0.4, -0.2) is 31.4 Å². The first kappa shape index (κ1) is 12.1. The zero-order valence-corrected chi connectivity index (χ0v) is 11.3. The minimum atomic E-state index is 0.352. The Balaban J connectivity index is 1.75. The van der Waals surface area contributed by atoms with Gasteiger partial charge in [0.25, 0.3) is 0 Å². The molecular formula is C13H18N6. The summed E-state index contributed by atoms with van der Waals surface area (Å²) < 4.78 is 0. The molecule has 0 spiro atoms. The summed E-state index contributed by atoms with van der Waals surface area (Å²) in [5, 5.41) is 0. The molecule has 3 heterocycles. The van der Waals surface area contributed by atoms with Crippen LogP contribution in [0.4, 0.5) is 5.95 Å². The van der Waals surface area contributed by atoms with Gasteiger partial charge < -0.3 is 10.7 Å². The lowest BCUT2D eigenvalue weighted by Gasteiger charge is -2.26. The van der Waals surface area contributed by atoms with Crippen LogP contribution < -0.4 is 5.73 Å². The summed E-state index contributed by atoms with van der Waals surface area (Å²) in [5.41, 5.74) is 10.1. The van der Waals surface area contributed by atoms with Gasteiger partial charge in [-0.25, -0.2) is 15.0 Å². The Labute approximate surface area is 112 Å². The fourth-order valence-corrected chi connectivity index (χ4v) is 2.42. The number of anilines is 1. The number of aromatic nitrogens is 4. The predicted octanol–water partition coefficient (Wildman–Crippen LogP) is 0.957. The molecule has 0 bridgehead atoms. The van der Waals surface area contributed by atoms with Gasteiger partial charge in [-0.05, 0) is 25.8 Å². The van der Waals surface area contributed by atoms with Crippen molar-refractivity contribution in [2.45, 2.75) is 33.4 Å². The number of nitrogens with one attached hydrogen (secondary N) is 1. The fraction of sp³-hybridized carbons (Fsp3) is 0.462. The van der Waals surface area contributed by atoms with E-state index in [1.807, 2.05) is 20.0 Å². The number of aryl methyl sites for hydroxylation is 2. The van der Waals surface area contributed by atoms with Gasteiger partial charge in [0.15, 0.2) is 0 Å². The molecule has 1 aliphatic heterocycles. The van der Waals surface area contributed by atoms with Gasteiger partial charge >= 0.3 is 0 Å². The number of aromatic amines is 1. The zero-order valence-electron chi connectivity index (χ0n) is 11.3. The first-order valence-electron chi connectivity index (χ1n) is 6.46. The molecule has 0 saturated heterocycles. The Bertz CT molecular complexity index is 584. The maximum absolute atomic E-state index is 5.64. The van der Waals surface area contributed by atoms with Crippen molar-refractivity contribution in [3.8, 4) is 0 Å². The van der Waals surface area contributed by atoms with E-state index in [9.17, 15) is 0 Å². The molecule has 0 amide bonds. The lowest BCUT2D eigenvalue weighted by molar-refractivity contribution is 0.236. The second-order valence-electron chi connectivity index (χ2n) is 5.05. The Morgan fingerprint density at radius 3 is 2.95 bits per heavy atom. The molecule has 0 aliphatic carbocycles. The van der Waals surface area contributed by atoms with Crippen molar-refractivity contribution in [1.29, 1.82) is 0 Å². The number of nitrogens with zero attached hydrogens (tertiary/aromatic N) is 4. The first-order valence-corrected chi connectivity index (χ1v) is 6.46. The van der Waals surface area contributed by atoms with Crippen LogP contribution in [-0.2, 0) is 19.5 Å². The third kappa shape index (κ3) is 2.44. The fourth-order valence-electron chi connectivity index (χ4n) is 2.42. The molecular weight excluding hydrogens is 240 g/mol. The van der Waals surface area contributed by atoms with Crippen LogP contribution in [0.15, 0.2) is 6.20 Å². The summed E-state index contributed by atoms with van der Waals surface area (Å²) in [5.74, 6) is 1.37. The predicted molar refractivity (Wildman–Crippen MR) is 72.3 cm³/mol. The molecule has 0 saturated carbocycles. The standard InChI is InChI=1S/C13H18N6/c1-8-9(2)17-12(16-8)7-19-4-3-10-5-15-13(14)18-11(10)6-19/h5H,3-4,6-7H2,1-2H3,(H,16,17)(H2,14,15,18). The molecule has 1 aliphatic rings. The van der Waals surface area contributed by atoms with E-state index in [0.29, 0.717) is 5.95 Å². The van der Waals surface area contributed by atoms with E-state index in [0.717, 1.165) is 49.0 Å². The highest BCUT2D eigenvalue weighted by Gasteiger charge is 2.19. The van der Waals surface area contributed by atoms with Gasteiger partial charge in [-0.2, -0.15) is 0 Å². The van der Waals surface area contributed by atoms with Crippen LogP contribution in [0.1, 0.15) is 28.5 Å². The molecule has 0 unspecified atom stereocenters. The molecule has 2 aromatic rings. The van der Waals surface area contributed by atoms with E-state index in [1.165, 1.54) is 5.56 Å². The Morgan fingerprint density at radius 2 is 2.21 bits per heavy atom. The first-order chi connectivity index (χ1) is 9.11. The SMILES string of the molecule is Cc1nc(CN2CCc3cnc(N)nc3C2)[nH]c1C. The number of H-pyrrole nitrogens is 1. The van der Waals surface area contributed by atoms with Crippen LogP contribution >= 0.6 is 0 Å². The van der Waals surface area contributed by atoms with Crippen LogP contribution in [0.2, 0.25) is 0 Å². The van der Waals surface area contributed by atoms with Gasteiger partial charge in [0.05, 0.1) is 17.9 Å². The molecule has 0 fully saturated rings. The van der Waals surface area contributed by atoms with E-state index in [-0.39, 0.29) is 0 Å². The van der Waals surface area contributed by atoms with Gasteiger partial charge in [0.2, 0.25) is 5.95 Å². The van der Waals surface area contributed by atoms with Crippen molar-refractivity contribution in [1.82, 2.24) is 24.8 Å². The summed E-state index contributed by atoms with van der Waals surface area (Å²) in [6.07, 6.45) is 2.81. The van der Waals surface area contributed by atoms with Crippen LogP contribution in [0.5, 0.6) is 0 Å². The van der Waals surface area contributed by atoms with Crippen LogP contribution in [0, 0.1) is 13.8 Å². The molecule has 19 heavy (non-hydrogen) atoms. The number of nitrogens with two attached hydrogens (primary N) is 1. The summed E-state index contributed by atoms with van der Waals surface area (Å²) in [6.45, 7) is 6.69. The zero-order chi connectivity index (χ0) is 13.4. The largest absolute Gasteiger partial charge is 0.368 e. The number of fused-ring (bicyclic) bond motifs is 1. The second kappa shape index (κ2) is 4.62. The summed E-state index contributed by atoms with van der Waals surface area (Å²) in [6, 6.07) is 0. The normalized spacial score (nSPS) is 15.5.